The number of hydrogen-bond donors (Lipinski definition) is 0. The highest BCUT2D eigenvalue weighted by molar-refractivity contribution is 7.09. The van der Waals surface area contributed by atoms with E-state index in [0.29, 0.717) is 0 Å². The van der Waals surface area contributed by atoms with E-state index in [4.69, 9.17) is 4.74 Å². The van der Waals surface area contributed by atoms with Gasteiger partial charge in [-0.1, -0.05) is 25.7 Å². The molecule has 2 nitrogen and oxygen atoms in total. The highest BCUT2D eigenvalue weighted by atomic mass is 32.1. The van der Waals surface area contributed by atoms with Gasteiger partial charge in [0.1, 0.15) is 10.6 Å². The van der Waals surface area contributed by atoms with Crippen LogP contribution in [0.1, 0.15) is 56.2 Å². The van der Waals surface area contributed by atoms with Crippen molar-refractivity contribution in [1.82, 2.24) is 4.98 Å². The van der Waals surface area contributed by atoms with Gasteiger partial charge in [0.25, 0.3) is 0 Å². The van der Waals surface area contributed by atoms with Gasteiger partial charge in [-0.2, -0.15) is 0 Å². The van der Waals surface area contributed by atoms with Gasteiger partial charge in [0.2, 0.25) is 0 Å². The van der Waals surface area contributed by atoms with Crippen LogP contribution < -0.4 is 0 Å². The Hall–Kier alpha value is -0.410. The lowest BCUT2D eigenvalue weighted by molar-refractivity contribution is -0.0560. The van der Waals surface area contributed by atoms with Crippen LogP contribution in [0.3, 0.4) is 0 Å². The average Bonchev–Trinajstić information content (AvgIpc) is 2.57. The van der Waals surface area contributed by atoms with Crippen LogP contribution in [0, 0.1) is 6.92 Å². The molecule has 0 aromatic carbocycles. The smallest absolute Gasteiger partial charge is 0.125 e. The van der Waals surface area contributed by atoms with Crippen LogP contribution in [-0.2, 0) is 10.3 Å². The van der Waals surface area contributed by atoms with Crippen molar-refractivity contribution in [2.45, 2.75) is 58.0 Å². The van der Waals surface area contributed by atoms with Crippen molar-refractivity contribution in [1.29, 1.82) is 0 Å². The molecule has 0 aliphatic heterocycles. The fourth-order valence-electron chi connectivity index (χ4n) is 2.56. The zero-order chi connectivity index (χ0) is 11.4. The number of rotatable bonds is 3. The first-order valence-corrected chi connectivity index (χ1v) is 7.21. The molecule has 0 N–H and O–H groups in total. The zero-order valence-corrected chi connectivity index (χ0v) is 11.1. The van der Waals surface area contributed by atoms with Crippen molar-refractivity contribution in [3.63, 3.8) is 0 Å². The molecule has 1 aliphatic rings. The fourth-order valence-corrected chi connectivity index (χ4v) is 3.57. The van der Waals surface area contributed by atoms with Crippen LogP contribution in [0.5, 0.6) is 0 Å². The van der Waals surface area contributed by atoms with Crippen molar-refractivity contribution in [3.05, 3.63) is 16.1 Å². The number of hydrogen-bond acceptors (Lipinski definition) is 3. The summed E-state index contributed by atoms with van der Waals surface area (Å²) < 4.78 is 6.10. The Labute approximate surface area is 102 Å². The lowest BCUT2D eigenvalue weighted by Gasteiger charge is -2.30. The predicted octanol–water partition coefficient (Wildman–Crippen LogP) is 4.04. The summed E-state index contributed by atoms with van der Waals surface area (Å²) in [6.45, 7) is 4.95. The molecule has 1 fully saturated rings. The first kappa shape index (κ1) is 12.1. The summed E-state index contributed by atoms with van der Waals surface area (Å²) >= 11 is 1.77. The monoisotopic (exact) mass is 239 g/mol. The normalized spacial score (nSPS) is 20.6. The van der Waals surface area contributed by atoms with Crippen LogP contribution in [-0.4, -0.2) is 11.6 Å². The molecule has 0 amide bonds. The van der Waals surface area contributed by atoms with E-state index in [1.807, 2.05) is 0 Å². The summed E-state index contributed by atoms with van der Waals surface area (Å²) in [5, 5.41) is 3.34. The van der Waals surface area contributed by atoms with E-state index >= 15 is 0 Å². The Morgan fingerprint density at radius 1 is 1.31 bits per heavy atom. The molecule has 3 heteroatoms. The Bertz CT molecular complexity index is 326. The first-order valence-electron chi connectivity index (χ1n) is 6.33. The Morgan fingerprint density at radius 3 is 2.50 bits per heavy atom. The molecule has 0 bridgehead atoms. The summed E-state index contributed by atoms with van der Waals surface area (Å²) in [5.41, 5.74) is 1.06. The van der Waals surface area contributed by atoms with Crippen LogP contribution in [0.15, 0.2) is 5.38 Å². The lowest BCUT2D eigenvalue weighted by atomic mass is 9.95. The van der Waals surface area contributed by atoms with Gasteiger partial charge in [-0.25, -0.2) is 4.98 Å². The lowest BCUT2D eigenvalue weighted by Crippen LogP contribution is -2.29. The molecule has 0 unspecified atom stereocenters. The molecule has 1 saturated carbocycles. The maximum atomic E-state index is 6.10. The summed E-state index contributed by atoms with van der Waals surface area (Å²) in [7, 11) is 0. The molecule has 1 aromatic rings. The van der Waals surface area contributed by atoms with Gasteiger partial charge in [0, 0.05) is 17.7 Å². The van der Waals surface area contributed by atoms with Gasteiger partial charge in [0.15, 0.2) is 0 Å². The first-order chi connectivity index (χ1) is 7.77. The minimum Gasteiger partial charge on any atom is -0.368 e. The van der Waals surface area contributed by atoms with Gasteiger partial charge in [-0.15, -0.1) is 11.3 Å². The van der Waals surface area contributed by atoms with Crippen LogP contribution in [0.4, 0.5) is 0 Å². The topological polar surface area (TPSA) is 22.1 Å². The van der Waals surface area contributed by atoms with Crippen molar-refractivity contribution in [2.24, 2.45) is 0 Å². The van der Waals surface area contributed by atoms with Crippen LogP contribution in [0.2, 0.25) is 0 Å². The molecule has 90 valence electrons. The molecule has 0 radical (unpaired) electrons. The number of aryl methyl sites for hydroxylation is 1. The minimum atomic E-state index is -0.0653. The summed E-state index contributed by atoms with van der Waals surface area (Å²) in [6.07, 6.45) is 7.54. The quantitative estimate of drug-likeness (QED) is 0.743. The third kappa shape index (κ3) is 2.46. The number of nitrogens with zero attached hydrogens (tertiary/aromatic N) is 1. The standard InChI is InChI=1S/C13H21NOS/c1-3-15-13(8-6-4-5-7-9-13)12-14-11(2)10-16-12/h10H,3-9H2,1-2H3. The third-order valence-corrected chi connectivity index (χ3v) is 4.49. The maximum absolute atomic E-state index is 6.10. The second-order valence-electron chi connectivity index (χ2n) is 4.64. The van der Waals surface area contributed by atoms with Crippen molar-refractivity contribution >= 4 is 11.3 Å². The van der Waals surface area contributed by atoms with Gasteiger partial charge in [-0.3, -0.25) is 0 Å². The second-order valence-corrected chi connectivity index (χ2v) is 5.49. The van der Waals surface area contributed by atoms with Crippen molar-refractivity contribution < 1.29 is 4.74 Å². The molecule has 1 aliphatic carbocycles. The molecular weight excluding hydrogens is 218 g/mol. The van der Waals surface area contributed by atoms with Crippen molar-refractivity contribution in [2.75, 3.05) is 6.61 Å². The van der Waals surface area contributed by atoms with E-state index < -0.39 is 0 Å². The van der Waals surface area contributed by atoms with E-state index in [1.165, 1.54) is 30.7 Å². The number of aromatic nitrogens is 1. The van der Waals surface area contributed by atoms with E-state index in [-0.39, 0.29) is 5.60 Å². The van der Waals surface area contributed by atoms with Gasteiger partial charge >= 0.3 is 0 Å². The molecule has 0 spiro atoms. The van der Waals surface area contributed by atoms with E-state index in [9.17, 15) is 0 Å². The fraction of sp³-hybridized carbons (Fsp3) is 0.769. The van der Waals surface area contributed by atoms with Crippen LogP contribution in [0.25, 0.3) is 0 Å². The van der Waals surface area contributed by atoms with Crippen LogP contribution >= 0.6 is 11.3 Å². The summed E-state index contributed by atoms with van der Waals surface area (Å²) in [5.74, 6) is 0. The van der Waals surface area contributed by atoms with Gasteiger partial charge in [-0.05, 0) is 26.7 Å². The largest absolute Gasteiger partial charge is 0.368 e. The number of ether oxygens (including phenoxy) is 1. The SMILES string of the molecule is CCOC1(c2nc(C)cs2)CCCCCC1. The molecule has 16 heavy (non-hydrogen) atoms. The molecule has 1 heterocycles. The summed E-state index contributed by atoms with van der Waals surface area (Å²) in [4.78, 5) is 4.66. The minimum absolute atomic E-state index is 0.0653. The van der Waals surface area contributed by atoms with E-state index in [0.717, 1.165) is 25.1 Å². The Kier molecular flexibility index (Phi) is 3.98. The predicted molar refractivity (Wildman–Crippen MR) is 67.9 cm³/mol. The highest BCUT2D eigenvalue weighted by Crippen LogP contribution is 2.40. The molecule has 2 rings (SSSR count). The molecule has 0 saturated heterocycles. The number of thiazole rings is 1. The Balaban J connectivity index is 2.25. The zero-order valence-electron chi connectivity index (χ0n) is 10.3. The van der Waals surface area contributed by atoms with E-state index in [1.54, 1.807) is 11.3 Å². The average molecular weight is 239 g/mol. The Morgan fingerprint density at radius 2 is 2.00 bits per heavy atom. The molecule has 1 aromatic heterocycles. The van der Waals surface area contributed by atoms with E-state index in [2.05, 4.69) is 24.2 Å². The molecule has 0 atom stereocenters. The second kappa shape index (κ2) is 5.28. The summed E-state index contributed by atoms with van der Waals surface area (Å²) in [6, 6.07) is 0. The third-order valence-electron chi connectivity index (χ3n) is 3.34. The van der Waals surface area contributed by atoms with Gasteiger partial charge in [0.05, 0.1) is 0 Å². The van der Waals surface area contributed by atoms with Crippen molar-refractivity contribution in [3.8, 4) is 0 Å². The maximum Gasteiger partial charge on any atom is 0.125 e. The molecular formula is C13H21NOS. The van der Waals surface area contributed by atoms with Gasteiger partial charge < -0.3 is 4.74 Å². The highest BCUT2D eigenvalue weighted by Gasteiger charge is 2.36.